The van der Waals surface area contributed by atoms with Gasteiger partial charge in [-0.25, -0.2) is 0 Å². The first-order valence-electron chi connectivity index (χ1n) is 27.2. The number of benzene rings is 9. The van der Waals surface area contributed by atoms with Crippen LogP contribution in [0.2, 0.25) is 0 Å². The zero-order valence-corrected chi connectivity index (χ0v) is 39.9. The van der Waals surface area contributed by atoms with Crippen LogP contribution in [0.4, 0.5) is 34.1 Å². The Balaban J connectivity index is 1.29. The Kier molecular flexibility index (Phi) is 8.34. The van der Waals surface area contributed by atoms with Gasteiger partial charge in [0.15, 0.2) is 8.07 Å². The van der Waals surface area contributed by atoms with Crippen molar-refractivity contribution in [2.24, 2.45) is 0 Å². The summed E-state index contributed by atoms with van der Waals surface area (Å²) in [5, 5.41) is 4.26. The summed E-state index contributed by atoms with van der Waals surface area (Å²) in [6.07, 6.45) is 0. The van der Waals surface area contributed by atoms with E-state index >= 15 is 0 Å². The van der Waals surface area contributed by atoms with Crippen molar-refractivity contribution in [3.8, 4) is 11.1 Å². The third-order valence-corrected chi connectivity index (χ3v) is 18.7. The van der Waals surface area contributed by atoms with Gasteiger partial charge in [-0.1, -0.05) is 217 Å². The average molecular weight is 889 g/mol. The number of nitrogens with zero attached hydrogens (tertiary/aromatic N) is 2. The summed E-state index contributed by atoms with van der Waals surface area (Å²) >= 11 is 0. The maximum Gasteiger partial charge on any atom is 0.252 e. The normalized spacial score (nSPS) is 15.1. The molecule has 4 heteroatoms. The van der Waals surface area contributed by atoms with E-state index in [1.165, 1.54) is 5.56 Å². The second kappa shape index (κ2) is 16.3. The van der Waals surface area contributed by atoms with Gasteiger partial charge >= 0.3 is 0 Å². The van der Waals surface area contributed by atoms with Crippen molar-refractivity contribution in [3.63, 3.8) is 0 Å². The Labute approximate surface area is 410 Å². The Morgan fingerprint density at radius 3 is 1.55 bits per heavy atom. The molecule has 0 atom stereocenters. The standard InChI is InChI=1S/C63H57BN2Si/c1-44-40-59-61-60(41-44)66(57-31-21-20-30-54(57)64(61)55-42-47(63(5,6)7)34-38-58(55)65(59)48-35-32-46(33-36-48)62(2,3)4)56-39-37-52(43-53(56)45-22-12-8-13-23-45)67(49-24-14-9-15-25-49,50-26-16-10-17-27-50)51-28-18-11-19-29-51/h8-43H,1-7H3/i1D3,8D,12D,13D,22D,23D. The van der Waals surface area contributed by atoms with Gasteiger partial charge in [-0.2, -0.15) is 0 Å². The zero-order valence-electron chi connectivity index (χ0n) is 46.9. The van der Waals surface area contributed by atoms with E-state index in [0.29, 0.717) is 16.9 Å². The molecule has 0 bridgehead atoms. The fraction of sp³-hybridized carbons (Fsp3) is 0.143. The lowest BCUT2D eigenvalue weighted by Gasteiger charge is -2.45. The predicted octanol–water partition coefficient (Wildman–Crippen LogP) is 11.7. The fourth-order valence-corrected chi connectivity index (χ4v) is 15.5. The highest BCUT2D eigenvalue weighted by molar-refractivity contribution is 7.20. The van der Waals surface area contributed by atoms with Gasteiger partial charge in [0, 0.05) is 38.1 Å². The second-order valence-electron chi connectivity index (χ2n) is 20.0. The second-order valence-corrected chi connectivity index (χ2v) is 23.8. The van der Waals surface area contributed by atoms with E-state index in [0.717, 1.165) is 65.4 Å². The third-order valence-electron chi connectivity index (χ3n) is 13.9. The first-order chi connectivity index (χ1) is 35.7. The molecule has 0 amide bonds. The van der Waals surface area contributed by atoms with E-state index in [1.54, 1.807) is 6.07 Å². The maximum absolute atomic E-state index is 9.68. The highest BCUT2D eigenvalue weighted by Gasteiger charge is 2.45. The van der Waals surface area contributed by atoms with Crippen molar-refractivity contribution in [1.82, 2.24) is 0 Å². The van der Waals surface area contributed by atoms with Gasteiger partial charge in [-0.15, -0.1) is 0 Å². The zero-order chi connectivity index (χ0) is 52.9. The minimum Gasteiger partial charge on any atom is -0.311 e. The minimum atomic E-state index is -3.28. The summed E-state index contributed by atoms with van der Waals surface area (Å²) < 4.78 is 73.6. The van der Waals surface area contributed by atoms with Crippen LogP contribution in [0.15, 0.2) is 218 Å². The van der Waals surface area contributed by atoms with Gasteiger partial charge in [-0.05, 0) is 120 Å². The Morgan fingerprint density at radius 1 is 0.448 bits per heavy atom. The van der Waals surface area contributed by atoms with Crippen molar-refractivity contribution in [2.45, 2.75) is 59.2 Å². The molecule has 11 rings (SSSR count). The topological polar surface area (TPSA) is 6.48 Å². The molecule has 67 heavy (non-hydrogen) atoms. The summed E-state index contributed by atoms with van der Waals surface area (Å²) in [6.45, 7) is 10.4. The van der Waals surface area contributed by atoms with E-state index in [1.807, 2.05) is 42.5 Å². The molecule has 2 aliphatic heterocycles. The molecule has 2 aliphatic rings. The lowest BCUT2D eigenvalue weighted by atomic mass is 9.33. The van der Waals surface area contributed by atoms with Crippen LogP contribution in [0.3, 0.4) is 0 Å². The molecule has 0 spiro atoms. The fourth-order valence-electron chi connectivity index (χ4n) is 10.7. The maximum atomic E-state index is 9.68. The first kappa shape index (κ1) is 34.2. The summed E-state index contributed by atoms with van der Waals surface area (Å²) in [6, 6.07) is 62.7. The van der Waals surface area contributed by atoms with Crippen LogP contribution in [0.5, 0.6) is 0 Å². The van der Waals surface area contributed by atoms with E-state index < -0.39 is 33.1 Å². The summed E-state index contributed by atoms with van der Waals surface area (Å²) in [5.74, 6) is 0. The van der Waals surface area contributed by atoms with Crippen LogP contribution in [-0.2, 0) is 10.8 Å². The van der Waals surface area contributed by atoms with Crippen LogP contribution in [0.1, 0.15) is 69.2 Å². The molecule has 0 radical (unpaired) electrons. The van der Waals surface area contributed by atoms with Gasteiger partial charge in [0.1, 0.15) is 0 Å². The number of hydrogen-bond donors (Lipinski definition) is 0. The Morgan fingerprint density at radius 2 is 0.970 bits per heavy atom. The molecule has 0 aliphatic carbocycles. The van der Waals surface area contributed by atoms with Gasteiger partial charge in [-0.3, -0.25) is 0 Å². The smallest absolute Gasteiger partial charge is 0.252 e. The molecule has 0 unspecified atom stereocenters. The summed E-state index contributed by atoms with van der Waals surface area (Å²) in [5.41, 5.74) is 10.2. The molecule has 9 aromatic carbocycles. The number of aryl methyl sites for hydroxylation is 1. The average Bonchev–Trinajstić information content (AvgIpc) is 3.43. The molecule has 2 heterocycles. The molecule has 0 aromatic heterocycles. The molecule has 0 saturated carbocycles. The van der Waals surface area contributed by atoms with Gasteiger partial charge in [0.25, 0.3) is 6.71 Å². The third kappa shape index (κ3) is 7.09. The lowest BCUT2D eigenvalue weighted by molar-refractivity contribution is 0.590. The largest absolute Gasteiger partial charge is 0.311 e. The molecule has 0 fully saturated rings. The molecule has 0 N–H and O–H groups in total. The van der Waals surface area contributed by atoms with Crippen LogP contribution in [0, 0.1) is 6.85 Å². The molecular formula is C63H57BN2Si. The number of para-hydroxylation sites is 1. The highest BCUT2D eigenvalue weighted by atomic mass is 28.3. The number of rotatable bonds is 7. The lowest BCUT2D eigenvalue weighted by Crippen LogP contribution is -2.74. The number of anilines is 6. The van der Waals surface area contributed by atoms with Crippen LogP contribution < -0.4 is 46.9 Å². The van der Waals surface area contributed by atoms with E-state index in [-0.39, 0.29) is 40.8 Å². The Bertz CT molecular complexity index is 3560. The van der Waals surface area contributed by atoms with E-state index in [2.05, 4.69) is 191 Å². The Hall–Kier alpha value is -7.14. The van der Waals surface area contributed by atoms with Crippen LogP contribution >= 0.6 is 0 Å². The molecule has 0 saturated heterocycles. The van der Waals surface area contributed by atoms with E-state index in [9.17, 15) is 2.74 Å². The molecule has 9 aromatic rings. The molecule has 2 nitrogen and oxygen atoms in total. The molecular weight excluding hydrogens is 824 g/mol. The minimum absolute atomic E-state index is 0.0520. The molecule has 326 valence electrons. The van der Waals surface area contributed by atoms with Crippen molar-refractivity contribution >= 4 is 86.0 Å². The summed E-state index contributed by atoms with van der Waals surface area (Å²) in [7, 11) is -3.28. The predicted molar refractivity (Wildman–Crippen MR) is 292 cm³/mol. The van der Waals surface area contributed by atoms with Crippen LogP contribution in [0.25, 0.3) is 11.1 Å². The van der Waals surface area contributed by atoms with Gasteiger partial charge in [0.05, 0.1) is 12.5 Å². The van der Waals surface area contributed by atoms with Crippen LogP contribution in [-0.4, -0.2) is 14.8 Å². The monoisotopic (exact) mass is 888 g/mol. The first-order valence-corrected chi connectivity index (χ1v) is 25.2. The van der Waals surface area contributed by atoms with Crippen molar-refractivity contribution < 1.29 is 11.0 Å². The highest BCUT2D eigenvalue weighted by Crippen LogP contribution is 2.47. The SMILES string of the molecule is [2H]c1c([2H])c([2H])c(-c2cc([Si](c3ccccc3)(c3ccccc3)c3ccccc3)ccc2N2c3ccccc3B3c4cc(C(C)(C)C)ccc4N(c4ccc(C(C)(C)C)cc4)c4cc(C([2H])([2H])[2H])cc2c43)c([2H])c1[2H]. The van der Waals surface area contributed by atoms with Crippen molar-refractivity contribution in [3.05, 3.63) is 235 Å². The van der Waals surface area contributed by atoms with Crippen molar-refractivity contribution in [2.75, 3.05) is 9.80 Å². The van der Waals surface area contributed by atoms with Crippen molar-refractivity contribution in [1.29, 1.82) is 0 Å². The summed E-state index contributed by atoms with van der Waals surface area (Å²) in [4.78, 5) is 4.31. The number of fused-ring (bicyclic) bond motifs is 4. The number of hydrogen-bond acceptors (Lipinski definition) is 2. The quantitative estimate of drug-likeness (QED) is 0.116. The van der Waals surface area contributed by atoms with Gasteiger partial charge in [0.2, 0.25) is 0 Å². The van der Waals surface area contributed by atoms with E-state index in [4.69, 9.17) is 8.22 Å². The van der Waals surface area contributed by atoms with Gasteiger partial charge < -0.3 is 9.80 Å².